The zero-order valence-electron chi connectivity index (χ0n) is 11.5. The van der Waals surface area contributed by atoms with Gasteiger partial charge in [0.05, 0.1) is 16.8 Å². The lowest BCUT2D eigenvalue weighted by atomic mass is 10.2. The first-order chi connectivity index (χ1) is 9.90. The largest absolute Gasteiger partial charge is 0.308 e. The number of rotatable bonds is 5. The van der Waals surface area contributed by atoms with Crippen LogP contribution >= 0.6 is 11.3 Å². The van der Waals surface area contributed by atoms with Crippen LogP contribution in [0, 0.1) is 0 Å². The molecule has 0 aromatic carbocycles. The fraction of sp³-hybridized carbons (Fsp3) is 0.533. The van der Waals surface area contributed by atoms with Gasteiger partial charge in [-0.25, -0.2) is 0 Å². The second-order valence-electron chi connectivity index (χ2n) is 5.84. The molecule has 2 aromatic rings. The van der Waals surface area contributed by atoms with Gasteiger partial charge in [0, 0.05) is 37.3 Å². The van der Waals surface area contributed by atoms with Crippen LogP contribution in [-0.4, -0.2) is 40.3 Å². The number of hydrogen-bond donors (Lipinski definition) is 2. The molecule has 0 bridgehead atoms. The molecule has 1 unspecified atom stereocenters. The van der Waals surface area contributed by atoms with Gasteiger partial charge in [-0.15, -0.1) is 11.3 Å². The summed E-state index contributed by atoms with van der Waals surface area (Å²) in [7, 11) is 0. The normalized spacial score (nSPS) is 23.5. The minimum atomic E-state index is 0.640. The Bertz CT molecular complexity index is 558. The van der Waals surface area contributed by atoms with Gasteiger partial charge >= 0.3 is 0 Å². The standard InChI is InChI=1S/C15H20N4S/c1-2-14(20-7-1)15-11(9-17-18-15)8-16-12-5-6-19(10-12)13-3-4-13/h1-2,7,9,12-13,16H,3-6,8,10H2,(H,17,18). The van der Waals surface area contributed by atoms with Crippen molar-refractivity contribution in [2.45, 2.75) is 37.9 Å². The Balaban J connectivity index is 1.37. The SMILES string of the molecule is c1csc(-c2[nH]ncc2CNC2CCN(C3CC3)C2)c1. The average molecular weight is 288 g/mol. The molecular formula is C15H20N4S. The molecule has 1 saturated carbocycles. The third-order valence-corrected chi connectivity index (χ3v) is 5.24. The van der Waals surface area contributed by atoms with Gasteiger partial charge < -0.3 is 5.32 Å². The molecular weight excluding hydrogens is 268 g/mol. The van der Waals surface area contributed by atoms with Crippen LogP contribution in [0.5, 0.6) is 0 Å². The summed E-state index contributed by atoms with van der Waals surface area (Å²) in [6.07, 6.45) is 6.06. The van der Waals surface area contributed by atoms with E-state index in [0.717, 1.165) is 12.6 Å². The fourth-order valence-corrected chi connectivity index (χ4v) is 3.81. The number of hydrogen-bond acceptors (Lipinski definition) is 4. The molecule has 0 radical (unpaired) electrons. The molecule has 20 heavy (non-hydrogen) atoms. The van der Waals surface area contributed by atoms with Gasteiger partial charge in [0.25, 0.3) is 0 Å². The molecule has 3 heterocycles. The first-order valence-electron chi connectivity index (χ1n) is 7.44. The van der Waals surface area contributed by atoms with Crippen molar-refractivity contribution in [2.24, 2.45) is 0 Å². The quantitative estimate of drug-likeness (QED) is 0.888. The number of H-pyrrole nitrogens is 1. The Hall–Kier alpha value is -1.17. The van der Waals surface area contributed by atoms with Gasteiger partial charge in [0.1, 0.15) is 0 Å². The highest BCUT2D eigenvalue weighted by molar-refractivity contribution is 7.13. The Morgan fingerprint density at radius 3 is 3.15 bits per heavy atom. The van der Waals surface area contributed by atoms with Gasteiger partial charge in [-0.3, -0.25) is 10.00 Å². The van der Waals surface area contributed by atoms with E-state index in [-0.39, 0.29) is 0 Å². The maximum absolute atomic E-state index is 4.21. The minimum absolute atomic E-state index is 0.640. The number of nitrogens with one attached hydrogen (secondary N) is 2. The Kier molecular flexibility index (Phi) is 3.34. The molecule has 2 fully saturated rings. The summed E-state index contributed by atoms with van der Waals surface area (Å²) in [5.74, 6) is 0. The Labute approximate surface area is 123 Å². The summed E-state index contributed by atoms with van der Waals surface area (Å²) < 4.78 is 0. The van der Waals surface area contributed by atoms with Crippen LogP contribution in [0.3, 0.4) is 0 Å². The highest BCUT2D eigenvalue weighted by Crippen LogP contribution is 2.30. The third-order valence-electron chi connectivity index (χ3n) is 4.35. The topological polar surface area (TPSA) is 44.0 Å². The average Bonchev–Trinajstić information content (AvgIpc) is 2.91. The predicted molar refractivity (Wildman–Crippen MR) is 81.7 cm³/mol. The van der Waals surface area contributed by atoms with E-state index in [1.165, 1.54) is 48.5 Å². The van der Waals surface area contributed by atoms with E-state index in [0.29, 0.717) is 6.04 Å². The van der Waals surface area contributed by atoms with Crippen LogP contribution < -0.4 is 5.32 Å². The molecule has 1 aliphatic carbocycles. The van der Waals surface area contributed by atoms with Crippen LogP contribution in [0.25, 0.3) is 10.6 Å². The summed E-state index contributed by atoms with van der Waals surface area (Å²) in [5, 5.41) is 13.1. The van der Waals surface area contributed by atoms with Gasteiger partial charge in [-0.2, -0.15) is 5.10 Å². The second-order valence-corrected chi connectivity index (χ2v) is 6.79. The Morgan fingerprint density at radius 2 is 2.35 bits per heavy atom. The van der Waals surface area contributed by atoms with Crippen molar-refractivity contribution in [2.75, 3.05) is 13.1 Å². The van der Waals surface area contributed by atoms with Crippen LogP contribution in [-0.2, 0) is 6.54 Å². The lowest BCUT2D eigenvalue weighted by molar-refractivity contribution is 0.317. The monoisotopic (exact) mass is 288 g/mol. The van der Waals surface area contributed by atoms with E-state index in [1.54, 1.807) is 11.3 Å². The molecule has 2 aromatic heterocycles. The molecule has 2 N–H and O–H groups in total. The van der Waals surface area contributed by atoms with Crippen molar-refractivity contribution >= 4 is 11.3 Å². The number of likely N-dealkylation sites (tertiary alicyclic amines) is 1. The summed E-state index contributed by atoms with van der Waals surface area (Å²) in [4.78, 5) is 3.91. The maximum atomic E-state index is 4.21. The van der Waals surface area contributed by atoms with Crippen molar-refractivity contribution in [1.29, 1.82) is 0 Å². The molecule has 4 nitrogen and oxygen atoms in total. The summed E-state index contributed by atoms with van der Waals surface area (Å²) in [6.45, 7) is 3.40. The van der Waals surface area contributed by atoms with Gasteiger partial charge in [-0.1, -0.05) is 6.07 Å². The molecule has 0 spiro atoms. The van der Waals surface area contributed by atoms with Gasteiger partial charge in [0.15, 0.2) is 0 Å². The van der Waals surface area contributed by atoms with Crippen LogP contribution in [0.2, 0.25) is 0 Å². The van der Waals surface area contributed by atoms with E-state index in [2.05, 4.69) is 37.9 Å². The van der Waals surface area contributed by atoms with Gasteiger partial charge in [-0.05, 0) is 30.7 Å². The van der Waals surface area contributed by atoms with E-state index in [4.69, 9.17) is 0 Å². The van der Waals surface area contributed by atoms with Crippen molar-refractivity contribution in [3.05, 3.63) is 29.3 Å². The van der Waals surface area contributed by atoms with Crippen molar-refractivity contribution < 1.29 is 0 Å². The Morgan fingerprint density at radius 1 is 1.40 bits per heavy atom. The van der Waals surface area contributed by atoms with Crippen LogP contribution in [0.15, 0.2) is 23.7 Å². The molecule has 0 amide bonds. The lowest BCUT2D eigenvalue weighted by Gasteiger charge is -2.15. The van der Waals surface area contributed by atoms with Gasteiger partial charge in [0.2, 0.25) is 0 Å². The van der Waals surface area contributed by atoms with E-state index in [9.17, 15) is 0 Å². The summed E-state index contributed by atoms with van der Waals surface area (Å²) in [6, 6.07) is 5.77. The fourth-order valence-electron chi connectivity index (χ4n) is 3.06. The summed E-state index contributed by atoms with van der Waals surface area (Å²) in [5.41, 5.74) is 2.45. The van der Waals surface area contributed by atoms with E-state index < -0.39 is 0 Å². The highest BCUT2D eigenvalue weighted by atomic mass is 32.1. The van der Waals surface area contributed by atoms with Crippen LogP contribution in [0.1, 0.15) is 24.8 Å². The second kappa shape index (κ2) is 5.31. The smallest absolute Gasteiger partial charge is 0.0794 e. The van der Waals surface area contributed by atoms with Crippen LogP contribution in [0.4, 0.5) is 0 Å². The number of aromatic amines is 1. The van der Waals surface area contributed by atoms with Crippen molar-refractivity contribution in [3.8, 4) is 10.6 Å². The number of aromatic nitrogens is 2. The molecule has 106 valence electrons. The minimum Gasteiger partial charge on any atom is -0.308 e. The summed E-state index contributed by atoms with van der Waals surface area (Å²) >= 11 is 1.76. The van der Waals surface area contributed by atoms with E-state index >= 15 is 0 Å². The molecule has 1 aliphatic heterocycles. The number of thiophene rings is 1. The van der Waals surface area contributed by atoms with Crippen molar-refractivity contribution in [3.63, 3.8) is 0 Å². The van der Waals surface area contributed by atoms with Crippen molar-refractivity contribution in [1.82, 2.24) is 20.4 Å². The zero-order valence-corrected chi connectivity index (χ0v) is 12.3. The maximum Gasteiger partial charge on any atom is 0.0794 e. The predicted octanol–water partition coefficient (Wildman–Crippen LogP) is 2.46. The number of nitrogens with zero attached hydrogens (tertiary/aromatic N) is 2. The molecule has 4 rings (SSSR count). The molecule has 2 aliphatic rings. The lowest BCUT2D eigenvalue weighted by Crippen LogP contribution is -2.32. The molecule has 1 saturated heterocycles. The first-order valence-corrected chi connectivity index (χ1v) is 8.31. The van der Waals surface area contributed by atoms with E-state index in [1.807, 2.05) is 6.20 Å². The molecule has 5 heteroatoms. The third kappa shape index (κ3) is 2.53. The zero-order chi connectivity index (χ0) is 13.4. The molecule has 1 atom stereocenters. The highest BCUT2D eigenvalue weighted by Gasteiger charge is 2.34. The first kappa shape index (κ1) is 12.6.